The highest BCUT2D eigenvalue weighted by molar-refractivity contribution is 5.94. The maximum Gasteiger partial charge on any atom is 0.256 e. The fraction of sp³-hybridized carbons (Fsp3) is 0.611. The SMILES string of the molecule is CCCCCCCCCCN(C)C(=O)c1ccccc1F. The van der Waals surface area contributed by atoms with Crippen molar-refractivity contribution in [1.82, 2.24) is 4.90 Å². The Morgan fingerprint density at radius 1 is 1.00 bits per heavy atom. The average molecular weight is 293 g/mol. The van der Waals surface area contributed by atoms with Crippen LogP contribution in [-0.2, 0) is 0 Å². The topological polar surface area (TPSA) is 20.3 Å². The van der Waals surface area contributed by atoms with Gasteiger partial charge in [0.05, 0.1) is 5.56 Å². The van der Waals surface area contributed by atoms with Crippen LogP contribution >= 0.6 is 0 Å². The molecule has 0 N–H and O–H groups in total. The zero-order valence-electron chi connectivity index (χ0n) is 13.4. The smallest absolute Gasteiger partial charge is 0.256 e. The van der Waals surface area contributed by atoms with E-state index < -0.39 is 5.82 Å². The molecule has 1 rings (SSSR count). The fourth-order valence-electron chi connectivity index (χ4n) is 2.42. The van der Waals surface area contributed by atoms with Gasteiger partial charge < -0.3 is 4.90 Å². The van der Waals surface area contributed by atoms with Gasteiger partial charge in [-0.25, -0.2) is 4.39 Å². The fourth-order valence-corrected chi connectivity index (χ4v) is 2.42. The number of hydrogen-bond acceptors (Lipinski definition) is 1. The second kappa shape index (κ2) is 10.4. The van der Waals surface area contributed by atoms with Crippen molar-refractivity contribution >= 4 is 5.91 Å². The predicted molar refractivity (Wildman–Crippen MR) is 86.0 cm³/mol. The van der Waals surface area contributed by atoms with Gasteiger partial charge in [0, 0.05) is 13.6 Å². The van der Waals surface area contributed by atoms with Crippen LogP contribution in [0.3, 0.4) is 0 Å². The molecular formula is C18H28FNO. The highest BCUT2D eigenvalue weighted by Crippen LogP contribution is 2.11. The van der Waals surface area contributed by atoms with Crippen LogP contribution in [0, 0.1) is 5.82 Å². The summed E-state index contributed by atoms with van der Waals surface area (Å²) in [5.41, 5.74) is 0.166. The molecule has 0 radical (unpaired) electrons. The molecule has 1 amide bonds. The van der Waals surface area contributed by atoms with Crippen molar-refractivity contribution in [3.63, 3.8) is 0 Å². The molecule has 0 atom stereocenters. The zero-order valence-corrected chi connectivity index (χ0v) is 13.4. The van der Waals surface area contributed by atoms with E-state index in [1.54, 1.807) is 30.1 Å². The van der Waals surface area contributed by atoms with Gasteiger partial charge in [-0.05, 0) is 18.6 Å². The number of unbranched alkanes of at least 4 members (excludes halogenated alkanes) is 7. The van der Waals surface area contributed by atoms with Crippen molar-refractivity contribution in [3.05, 3.63) is 35.6 Å². The summed E-state index contributed by atoms with van der Waals surface area (Å²) in [5.74, 6) is -0.665. The molecule has 2 nitrogen and oxygen atoms in total. The van der Waals surface area contributed by atoms with Crippen molar-refractivity contribution in [2.45, 2.75) is 58.3 Å². The Hall–Kier alpha value is -1.38. The third kappa shape index (κ3) is 6.74. The van der Waals surface area contributed by atoms with Crippen LogP contribution in [0.5, 0.6) is 0 Å². The van der Waals surface area contributed by atoms with Crippen LogP contribution in [0.25, 0.3) is 0 Å². The molecule has 0 aliphatic carbocycles. The Labute approximate surface area is 128 Å². The summed E-state index contributed by atoms with van der Waals surface area (Å²) >= 11 is 0. The molecule has 0 aliphatic rings. The molecule has 21 heavy (non-hydrogen) atoms. The molecular weight excluding hydrogens is 265 g/mol. The summed E-state index contributed by atoms with van der Waals surface area (Å²) in [6.45, 7) is 2.92. The van der Waals surface area contributed by atoms with Gasteiger partial charge in [-0.1, -0.05) is 64.0 Å². The Morgan fingerprint density at radius 2 is 1.57 bits per heavy atom. The molecule has 0 bridgehead atoms. The lowest BCUT2D eigenvalue weighted by atomic mass is 10.1. The van der Waals surface area contributed by atoms with Gasteiger partial charge in [0.15, 0.2) is 0 Å². The molecule has 0 aromatic heterocycles. The maximum atomic E-state index is 13.5. The lowest BCUT2D eigenvalue weighted by Gasteiger charge is -2.17. The maximum absolute atomic E-state index is 13.5. The Kier molecular flexibility index (Phi) is 8.72. The molecule has 118 valence electrons. The minimum Gasteiger partial charge on any atom is -0.342 e. The highest BCUT2D eigenvalue weighted by Gasteiger charge is 2.14. The Morgan fingerprint density at radius 3 is 2.19 bits per heavy atom. The molecule has 0 saturated carbocycles. The molecule has 0 fully saturated rings. The van der Waals surface area contributed by atoms with E-state index in [1.165, 1.54) is 44.6 Å². The number of hydrogen-bond donors (Lipinski definition) is 0. The number of carbonyl (C=O) groups is 1. The first kappa shape index (κ1) is 17.7. The summed E-state index contributed by atoms with van der Waals surface area (Å²) < 4.78 is 13.5. The van der Waals surface area contributed by atoms with E-state index in [9.17, 15) is 9.18 Å². The molecule has 1 aromatic carbocycles. The molecule has 3 heteroatoms. The zero-order chi connectivity index (χ0) is 15.5. The van der Waals surface area contributed by atoms with E-state index in [2.05, 4.69) is 6.92 Å². The first-order valence-corrected chi connectivity index (χ1v) is 8.16. The first-order chi connectivity index (χ1) is 10.2. The number of carbonyl (C=O) groups excluding carboxylic acids is 1. The largest absolute Gasteiger partial charge is 0.342 e. The Balaban J connectivity index is 2.18. The summed E-state index contributed by atoms with van der Waals surface area (Å²) in [5, 5.41) is 0. The third-order valence-electron chi connectivity index (χ3n) is 3.80. The molecule has 0 unspecified atom stereocenters. The number of amides is 1. The van der Waals surface area contributed by atoms with Crippen LogP contribution in [0.1, 0.15) is 68.6 Å². The minimum atomic E-state index is -0.440. The lowest BCUT2D eigenvalue weighted by molar-refractivity contribution is 0.0788. The third-order valence-corrected chi connectivity index (χ3v) is 3.80. The summed E-state index contributed by atoms with van der Waals surface area (Å²) in [7, 11) is 1.75. The monoisotopic (exact) mass is 293 g/mol. The van der Waals surface area contributed by atoms with Gasteiger partial charge in [-0.3, -0.25) is 4.79 Å². The van der Waals surface area contributed by atoms with Gasteiger partial charge in [-0.15, -0.1) is 0 Å². The number of halogens is 1. The summed E-state index contributed by atoms with van der Waals surface area (Å²) in [4.78, 5) is 13.7. The van der Waals surface area contributed by atoms with Gasteiger partial charge in [0.1, 0.15) is 5.82 Å². The minimum absolute atomic E-state index is 0.166. The first-order valence-electron chi connectivity index (χ1n) is 8.16. The van der Waals surface area contributed by atoms with Gasteiger partial charge in [0.2, 0.25) is 0 Å². The van der Waals surface area contributed by atoms with Crippen molar-refractivity contribution in [3.8, 4) is 0 Å². The quantitative estimate of drug-likeness (QED) is 0.553. The standard InChI is InChI=1S/C18H28FNO/c1-3-4-5-6-7-8-9-12-15-20(2)18(21)16-13-10-11-14-17(16)19/h10-11,13-14H,3-9,12,15H2,1-2H3. The van der Waals surface area contributed by atoms with Crippen LogP contribution < -0.4 is 0 Å². The molecule has 0 spiro atoms. The summed E-state index contributed by atoms with van der Waals surface area (Å²) in [6, 6.07) is 6.17. The average Bonchev–Trinajstić information content (AvgIpc) is 2.49. The van der Waals surface area contributed by atoms with Gasteiger partial charge >= 0.3 is 0 Å². The van der Waals surface area contributed by atoms with E-state index in [1.807, 2.05) is 0 Å². The van der Waals surface area contributed by atoms with Crippen molar-refractivity contribution in [1.29, 1.82) is 0 Å². The van der Waals surface area contributed by atoms with E-state index in [0.717, 1.165) is 12.8 Å². The molecule has 0 aliphatic heterocycles. The lowest BCUT2D eigenvalue weighted by Crippen LogP contribution is -2.28. The Bertz CT molecular complexity index is 419. The number of rotatable bonds is 10. The second-order valence-electron chi connectivity index (χ2n) is 5.68. The molecule has 0 saturated heterocycles. The van der Waals surface area contributed by atoms with E-state index in [4.69, 9.17) is 0 Å². The number of benzene rings is 1. The van der Waals surface area contributed by atoms with Crippen molar-refractivity contribution < 1.29 is 9.18 Å². The van der Waals surface area contributed by atoms with Crippen molar-refractivity contribution in [2.75, 3.05) is 13.6 Å². The van der Waals surface area contributed by atoms with Crippen LogP contribution in [-0.4, -0.2) is 24.4 Å². The molecule has 1 aromatic rings. The highest BCUT2D eigenvalue weighted by atomic mass is 19.1. The molecule has 0 heterocycles. The summed E-state index contributed by atoms with van der Waals surface area (Å²) in [6.07, 6.45) is 9.91. The predicted octanol–water partition coefficient (Wildman–Crippen LogP) is 5.04. The second-order valence-corrected chi connectivity index (χ2v) is 5.68. The van der Waals surface area contributed by atoms with E-state index in [-0.39, 0.29) is 11.5 Å². The van der Waals surface area contributed by atoms with E-state index >= 15 is 0 Å². The van der Waals surface area contributed by atoms with Crippen LogP contribution in [0.2, 0.25) is 0 Å². The van der Waals surface area contributed by atoms with E-state index in [0.29, 0.717) is 6.54 Å². The normalized spacial score (nSPS) is 10.6. The van der Waals surface area contributed by atoms with Gasteiger partial charge in [-0.2, -0.15) is 0 Å². The van der Waals surface area contributed by atoms with Crippen LogP contribution in [0.15, 0.2) is 24.3 Å². The van der Waals surface area contributed by atoms with Crippen LogP contribution in [0.4, 0.5) is 4.39 Å². The van der Waals surface area contributed by atoms with Gasteiger partial charge in [0.25, 0.3) is 5.91 Å². The van der Waals surface area contributed by atoms with Crippen molar-refractivity contribution in [2.24, 2.45) is 0 Å². The number of nitrogens with zero attached hydrogens (tertiary/aromatic N) is 1.